The van der Waals surface area contributed by atoms with Gasteiger partial charge in [-0.1, -0.05) is 187 Å². The van der Waals surface area contributed by atoms with Crippen LogP contribution in [0.5, 0.6) is 0 Å². The zero-order valence-electron chi connectivity index (χ0n) is 33.7. The van der Waals surface area contributed by atoms with Gasteiger partial charge in [0.2, 0.25) is 0 Å². The highest BCUT2D eigenvalue weighted by Gasteiger charge is 2.60. The average Bonchev–Trinajstić information content (AvgIpc) is 3.83. The van der Waals surface area contributed by atoms with E-state index in [0.29, 0.717) is 35.5 Å². The normalized spacial score (nSPS) is 24.4. The molecule has 2 fully saturated rings. The smallest absolute Gasteiger partial charge is 0.0406 e. The molecule has 0 radical (unpaired) electrons. The van der Waals surface area contributed by atoms with Gasteiger partial charge in [0.05, 0.1) is 0 Å². The number of hydrogen-bond donors (Lipinski definition) is 0. The highest BCUT2D eigenvalue weighted by Crippen LogP contribution is 2.66. The van der Waals surface area contributed by atoms with Crippen molar-refractivity contribution in [3.63, 3.8) is 0 Å². The molecule has 4 aromatic rings. The van der Waals surface area contributed by atoms with Gasteiger partial charge in [-0.2, -0.15) is 0 Å². The van der Waals surface area contributed by atoms with E-state index in [1.807, 2.05) is 0 Å². The molecule has 0 spiro atoms. The van der Waals surface area contributed by atoms with Crippen LogP contribution in [0.15, 0.2) is 145 Å². The van der Waals surface area contributed by atoms with Gasteiger partial charge in [-0.15, -0.1) is 0 Å². The molecule has 55 heavy (non-hydrogen) atoms. The number of fused-ring (bicyclic) bond motifs is 3. The minimum absolute atomic E-state index is 0.00274. The lowest BCUT2D eigenvalue weighted by molar-refractivity contribution is 0.0344. The molecular formula is C53H58Cl2. The third kappa shape index (κ3) is 7.51. The van der Waals surface area contributed by atoms with E-state index in [9.17, 15) is 0 Å². The Morgan fingerprint density at radius 1 is 0.473 bits per heavy atom. The first-order valence-corrected chi connectivity index (χ1v) is 21.6. The predicted molar refractivity (Wildman–Crippen MR) is 236 cm³/mol. The fraction of sp³-hybridized carbons (Fsp3) is 0.396. The summed E-state index contributed by atoms with van der Waals surface area (Å²) in [6.07, 6.45) is 18.4. The molecule has 0 aromatic heterocycles. The van der Waals surface area contributed by atoms with E-state index in [1.165, 1.54) is 70.2 Å². The van der Waals surface area contributed by atoms with E-state index in [4.69, 9.17) is 23.2 Å². The van der Waals surface area contributed by atoms with Gasteiger partial charge in [0.1, 0.15) is 0 Å². The molecule has 4 aliphatic rings. The van der Waals surface area contributed by atoms with Crippen molar-refractivity contribution in [1.82, 2.24) is 0 Å². The molecule has 0 saturated heterocycles. The molecule has 4 unspecified atom stereocenters. The van der Waals surface area contributed by atoms with E-state index in [2.05, 4.69) is 175 Å². The number of halogens is 2. The van der Waals surface area contributed by atoms with Crippen molar-refractivity contribution in [2.45, 2.75) is 80.1 Å². The lowest BCUT2D eigenvalue weighted by Crippen LogP contribution is -2.46. The van der Waals surface area contributed by atoms with Gasteiger partial charge in [0.15, 0.2) is 0 Å². The third-order valence-electron chi connectivity index (χ3n) is 13.7. The van der Waals surface area contributed by atoms with Crippen LogP contribution in [0.3, 0.4) is 0 Å². The summed E-state index contributed by atoms with van der Waals surface area (Å²) in [6.45, 7) is 14.5. The molecule has 2 saturated carbocycles. The van der Waals surface area contributed by atoms with Gasteiger partial charge in [0, 0.05) is 10.0 Å². The maximum atomic E-state index is 6.57. The molecule has 4 atom stereocenters. The fourth-order valence-corrected chi connectivity index (χ4v) is 11.6. The van der Waals surface area contributed by atoms with Gasteiger partial charge >= 0.3 is 0 Å². The number of allylic oxidation sites excluding steroid dienone is 8. The van der Waals surface area contributed by atoms with Crippen molar-refractivity contribution < 1.29 is 0 Å². The molecule has 0 amide bonds. The summed E-state index contributed by atoms with van der Waals surface area (Å²) in [7, 11) is 0. The van der Waals surface area contributed by atoms with Crippen molar-refractivity contribution in [3.05, 3.63) is 177 Å². The molecule has 0 heterocycles. The summed E-state index contributed by atoms with van der Waals surface area (Å²) in [4.78, 5) is 0. The first kappa shape index (κ1) is 38.3. The second-order valence-electron chi connectivity index (χ2n) is 19.2. The van der Waals surface area contributed by atoms with Gasteiger partial charge in [-0.05, 0) is 146 Å². The lowest BCUT2D eigenvalue weighted by Gasteiger charge is -2.50. The first-order valence-electron chi connectivity index (χ1n) is 20.8. The second-order valence-corrected chi connectivity index (χ2v) is 20.1. The first-order chi connectivity index (χ1) is 26.3. The molecule has 4 aromatic carbocycles. The third-order valence-corrected chi connectivity index (χ3v) is 14.2. The van der Waals surface area contributed by atoms with Gasteiger partial charge in [-0.3, -0.25) is 0 Å². The molecule has 0 N–H and O–H groups in total. The minimum Gasteiger partial charge on any atom is -0.0843 e. The monoisotopic (exact) mass is 764 g/mol. The highest BCUT2D eigenvalue weighted by molar-refractivity contribution is 6.30. The molecule has 4 aliphatic carbocycles. The summed E-state index contributed by atoms with van der Waals surface area (Å²) in [6, 6.07) is 40.2. The number of rotatable bonds is 8. The maximum Gasteiger partial charge on any atom is 0.0406 e. The summed E-state index contributed by atoms with van der Waals surface area (Å²) in [5.41, 5.74) is 11.3. The zero-order chi connectivity index (χ0) is 38.5. The van der Waals surface area contributed by atoms with Crippen molar-refractivity contribution in [2.75, 3.05) is 0 Å². The van der Waals surface area contributed by atoms with Crippen molar-refractivity contribution >= 4 is 34.3 Å². The number of benzene rings is 4. The summed E-state index contributed by atoms with van der Waals surface area (Å²) < 4.78 is 0. The van der Waals surface area contributed by atoms with Crippen LogP contribution in [0.4, 0.5) is 0 Å². The highest BCUT2D eigenvalue weighted by atomic mass is 35.5. The Labute approximate surface area is 341 Å². The average molecular weight is 766 g/mol. The van der Waals surface area contributed by atoms with Crippen molar-refractivity contribution in [1.29, 1.82) is 0 Å². The Morgan fingerprint density at radius 3 is 1.22 bits per heavy atom. The van der Waals surface area contributed by atoms with Crippen LogP contribution < -0.4 is 0 Å². The Morgan fingerprint density at radius 2 is 0.855 bits per heavy atom. The molecule has 0 aliphatic heterocycles. The van der Waals surface area contributed by atoms with Crippen LogP contribution in [0, 0.1) is 51.8 Å². The maximum absolute atomic E-state index is 6.57. The van der Waals surface area contributed by atoms with Crippen molar-refractivity contribution in [2.24, 2.45) is 51.8 Å². The largest absolute Gasteiger partial charge is 0.0843 e. The van der Waals surface area contributed by atoms with Gasteiger partial charge in [-0.25, -0.2) is 0 Å². The summed E-state index contributed by atoms with van der Waals surface area (Å²) in [5, 5.41) is 1.61. The Balaban J connectivity index is 1.42. The van der Waals surface area contributed by atoms with E-state index < -0.39 is 0 Å². The summed E-state index contributed by atoms with van der Waals surface area (Å²) >= 11 is 13.1. The predicted octanol–water partition coefficient (Wildman–Crippen LogP) is 15.2. The Bertz CT molecular complexity index is 1950. The Hall–Kier alpha value is -3.58. The lowest BCUT2D eigenvalue weighted by atomic mass is 9.54. The molecule has 0 nitrogen and oxygen atoms in total. The van der Waals surface area contributed by atoms with Crippen LogP contribution in [0.1, 0.15) is 89.5 Å². The summed E-state index contributed by atoms with van der Waals surface area (Å²) in [5.74, 6) is 2.56. The van der Waals surface area contributed by atoms with Gasteiger partial charge < -0.3 is 0 Å². The van der Waals surface area contributed by atoms with Crippen LogP contribution in [0.25, 0.3) is 11.1 Å². The second kappa shape index (κ2) is 15.1. The SMILES string of the molecule is CC(C)(C)C1=CC2C3C=C(C(C)(C)C)C(c4ccccc4)=CC3C(C(Cc3ccc(Cl)cc3)(Cc3ccc(Cl)cc3)C3CCCC3)C2C=C1c1ccccc1. The van der Waals surface area contributed by atoms with Crippen molar-refractivity contribution in [3.8, 4) is 0 Å². The molecule has 0 bridgehead atoms. The minimum atomic E-state index is -0.00274. The van der Waals surface area contributed by atoms with Crippen LogP contribution >= 0.6 is 23.2 Å². The Kier molecular flexibility index (Phi) is 10.5. The quantitative estimate of drug-likeness (QED) is 0.168. The van der Waals surface area contributed by atoms with Crippen LogP contribution in [-0.4, -0.2) is 0 Å². The fourth-order valence-electron chi connectivity index (χ4n) is 11.4. The molecule has 284 valence electrons. The van der Waals surface area contributed by atoms with E-state index in [-0.39, 0.29) is 16.2 Å². The molecule has 2 heteroatoms. The molecular weight excluding hydrogens is 707 g/mol. The standard InChI is InChI=1S/C53H58Cl2/c1-51(2,3)48-31-44-45-32-49(52(4,5)6)43(38-17-11-8-12-18-38)30-47(45)50(46(44)29-42(48)37-15-9-7-10-16-37)53(39-19-13-14-20-39,33-35-21-25-40(54)26-22-35)34-36-23-27-41(55)28-24-36/h7-12,15-18,21-32,39,44-47,50H,13-14,19-20,33-34H2,1-6H3. The molecule has 8 rings (SSSR count). The van der Waals surface area contributed by atoms with Crippen LogP contribution in [-0.2, 0) is 12.8 Å². The van der Waals surface area contributed by atoms with E-state index in [0.717, 1.165) is 22.9 Å². The van der Waals surface area contributed by atoms with E-state index >= 15 is 0 Å². The number of hydrogen-bond acceptors (Lipinski definition) is 0. The topological polar surface area (TPSA) is 0 Å². The van der Waals surface area contributed by atoms with E-state index in [1.54, 1.807) is 0 Å². The van der Waals surface area contributed by atoms with Crippen LogP contribution in [0.2, 0.25) is 10.0 Å². The zero-order valence-corrected chi connectivity index (χ0v) is 35.2. The van der Waals surface area contributed by atoms with Gasteiger partial charge in [0.25, 0.3) is 0 Å².